The highest BCUT2D eigenvalue weighted by molar-refractivity contribution is 9.10. The van der Waals surface area contributed by atoms with E-state index in [9.17, 15) is 4.79 Å². The zero-order chi connectivity index (χ0) is 11.5. The van der Waals surface area contributed by atoms with Gasteiger partial charge in [-0.25, -0.2) is 9.78 Å². The zero-order valence-corrected chi connectivity index (χ0v) is 9.96. The van der Waals surface area contributed by atoms with Crippen LogP contribution in [0.4, 0.5) is 0 Å². The van der Waals surface area contributed by atoms with Crippen molar-refractivity contribution in [3.05, 3.63) is 41.2 Å². The fourth-order valence-corrected chi connectivity index (χ4v) is 1.93. The molecule has 0 aromatic carbocycles. The molecule has 16 heavy (non-hydrogen) atoms. The summed E-state index contributed by atoms with van der Waals surface area (Å²) in [5.74, 6) is -0.915. The Labute approximate surface area is 100 Å². The number of imidazole rings is 1. The summed E-state index contributed by atoms with van der Waals surface area (Å²) in [7, 11) is 0. The molecule has 84 valence electrons. The fourth-order valence-electron chi connectivity index (χ4n) is 1.41. The molecule has 0 radical (unpaired) electrons. The first-order valence-electron chi connectivity index (χ1n) is 4.71. The third kappa shape index (κ3) is 2.33. The van der Waals surface area contributed by atoms with Crippen LogP contribution in [0.3, 0.4) is 0 Å². The first-order chi connectivity index (χ1) is 7.66. The lowest BCUT2D eigenvalue weighted by Gasteiger charge is -2.05. The van der Waals surface area contributed by atoms with Crippen molar-refractivity contribution in [2.75, 3.05) is 0 Å². The van der Waals surface area contributed by atoms with Crippen LogP contribution < -0.4 is 0 Å². The molecule has 0 fully saturated rings. The molecule has 2 heterocycles. The molecule has 0 aliphatic rings. The van der Waals surface area contributed by atoms with Gasteiger partial charge in [0.25, 0.3) is 0 Å². The normalized spacial score (nSPS) is 10.6. The molecule has 2 rings (SSSR count). The summed E-state index contributed by atoms with van der Waals surface area (Å²) < 4.78 is 4.56. The second-order valence-electron chi connectivity index (χ2n) is 3.35. The molecule has 6 heteroatoms. The number of carbonyl (C=O) groups is 1. The van der Waals surface area contributed by atoms with Gasteiger partial charge in [-0.3, -0.25) is 0 Å². The fraction of sp³-hybridized carbons (Fsp3) is 0.200. The molecule has 1 N–H and O–H groups in total. The second-order valence-corrected chi connectivity index (χ2v) is 4.16. The van der Waals surface area contributed by atoms with Gasteiger partial charge in [0.15, 0.2) is 0 Å². The van der Waals surface area contributed by atoms with Crippen molar-refractivity contribution in [2.45, 2.75) is 13.1 Å². The number of halogens is 1. The number of hydrogen-bond acceptors (Lipinski definition) is 2. The number of hydrogen-bond donors (Lipinski definition) is 1. The van der Waals surface area contributed by atoms with Crippen molar-refractivity contribution in [2.24, 2.45) is 0 Å². The predicted octanol–water partition coefficient (Wildman–Crippen LogP) is 1.85. The van der Waals surface area contributed by atoms with E-state index in [1.165, 1.54) is 0 Å². The van der Waals surface area contributed by atoms with Gasteiger partial charge in [0.2, 0.25) is 0 Å². The number of carboxylic acids is 1. The molecule has 0 atom stereocenters. The summed E-state index contributed by atoms with van der Waals surface area (Å²) in [5.41, 5.74) is 0.289. The number of carboxylic acid groups (broad SMARTS) is 1. The van der Waals surface area contributed by atoms with Crippen LogP contribution in [0.25, 0.3) is 0 Å². The first-order valence-corrected chi connectivity index (χ1v) is 5.51. The van der Waals surface area contributed by atoms with E-state index in [2.05, 4.69) is 20.9 Å². The lowest BCUT2D eigenvalue weighted by molar-refractivity contribution is 0.0697. The predicted molar refractivity (Wildman–Crippen MR) is 61.3 cm³/mol. The maximum Gasteiger partial charge on any atom is 0.337 e. The van der Waals surface area contributed by atoms with Crippen LogP contribution >= 0.6 is 15.9 Å². The first kappa shape index (κ1) is 10.9. The average molecular weight is 284 g/mol. The standard InChI is InChI=1S/C10H10BrN3O2/c11-9-5-8(10(15)16)6-14(9)4-3-13-2-1-12-7-13/h1-2,5-7H,3-4H2,(H,15,16). The van der Waals surface area contributed by atoms with E-state index in [1.54, 1.807) is 24.8 Å². The van der Waals surface area contributed by atoms with E-state index >= 15 is 0 Å². The van der Waals surface area contributed by atoms with Gasteiger partial charge in [-0.1, -0.05) is 0 Å². The number of rotatable bonds is 4. The topological polar surface area (TPSA) is 60.0 Å². The Kier molecular flexibility index (Phi) is 3.09. The quantitative estimate of drug-likeness (QED) is 0.932. The Balaban J connectivity index is 2.07. The second kappa shape index (κ2) is 4.52. The highest BCUT2D eigenvalue weighted by atomic mass is 79.9. The molecule has 0 bridgehead atoms. The number of aryl methyl sites for hydroxylation is 2. The van der Waals surface area contributed by atoms with E-state index in [1.807, 2.05) is 15.3 Å². The van der Waals surface area contributed by atoms with E-state index < -0.39 is 5.97 Å². The maximum absolute atomic E-state index is 10.8. The molecule has 0 aliphatic carbocycles. The molecule has 0 amide bonds. The van der Waals surface area contributed by atoms with Crippen molar-refractivity contribution >= 4 is 21.9 Å². The Bertz CT molecular complexity index is 490. The third-order valence-electron chi connectivity index (χ3n) is 2.25. The molecular weight excluding hydrogens is 274 g/mol. The smallest absolute Gasteiger partial charge is 0.337 e. The van der Waals surface area contributed by atoms with Crippen molar-refractivity contribution < 1.29 is 9.90 Å². The molecular formula is C10H10BrN3O2. The minimum absolute atomic E-state index is 0.289. The lowest BCUT2D eigenvalue weighted by Crippen LogP contribution is -2.05. The molecule has 0 saturated carbocycles. The molecule has 2 aromatic rings. The molecule has 0 saturated heterocycles. The van der Waals surface area contributed by atoms with Gasteiger partial charge in [-0.2, -0.15) is 0 Å². The van der Waals surface area contributed by atoms with Crippen LogP contribution in [-0.2, 0) is 13.1 Å². The van der Waals surface area contributed by atoms with Crippen molar-refractivity contribution in [1.29, 1.82) is 0 Å². The van der Waals surface area contributed by atoms with Crippen molar-refractivity contribution in [1.82, 2.24) is 14.1 Å². The average Bonchev–Trinajstić information content (AvgIpc) is 2.84. The Morgan fingerprint density at radius 3 is 2.88 bits per heavy atom. The summed E-state index contributed by atoms with van der Waals surface area (Å²) in [5, 5.41) is 8.83. The van der Waals surface area contributed by atoms with Crippen LogP contribution in [0.1, 0.15) is 10.4 Å². The monoisotopic (exact) mass is 283 g/mol. The van der Waals surface area contributed by atoms with Crippen LogP contribution in [-0.4, -0.2) is 25.2 Å². The molecule has 2 aromatic heterocycles. The van der Waals surface area contributed by atoms with Gasteiger partial charge < -0.3 is 14.2 Å². The highest BCUT2D eigenvalue weighted by Crippen LogP contribution is 2.15. The zero-order valence-electron chi connectivity index (χ0n) is 8.38. The SMILES string of the molecule is O=C(O)c1cc(Br)n(CCn2ccnc2)c1. The van der Waals surface area contributed by atoms with E-state index in [4.69, 9.17) is 5.11 Å². The van der Waals surface area contributed by atoms with E-state index in [0.29, 0.717) is 6.54 Å². The number of aromatic carboxylic acids is 1. The van der Waals surface area contributed by atoms with E-state index in [-0.39, 0.29) is 5.56 Å². The third-order valence-corrected chi connectivity index (χ3v) is 2.93. The Morgan fingerprint density at radius 2 is 2.31 bits per heavy atom. The maximum atomic E-state index is 10.8. The van der Waals surface area contributed by atoms with Crippen molar-refractivity contribution in [3.8, 4) is 0 Å². The Morgan fingerprint density at radius 1 is 1.50 bits per heavy atom. The molecule has 0 spiro atoms. The minimum atomic E-state index is -0.915. The summed E-state index contributed by atoms with van der Waals surface area (Å²) in [6.07, 6.45) is 6.93. The number of aromatic nitrogens is 3. The van der Waals surface area contributed by atoms with Gasteiger partial charge in [0, 0.05) is 31.7 Å². The van der Waals surface area contributed by atoms with Gasteiger partial charge >= 0.3 is 5.97 Å². The highest BCUT2D eigenvalue weighted by Gasteiger charge is 2.08. The van der Waals surface area contributed by atoms with Crippen LogP contribution in [0.5, 0.6) is 0 Å². The summed E-state index contributed by atoms with van der Waals surface area (Å²) in [4.78, 5) is 14.7. The van der Waals surface area contributed by atoms with E-state index in [0.717, 1.165) is 11.1 Å². The van der Waals surface area contributed by atoms with Gasteiger partial charge in [-0.15, -0.1) is 0 Å². The van der Waals surface area contributed by atoms with Crippen LogP contribution in [0.2, 0.25) is 0 Å². The molecule has 0 aliphatic heterocycles. The molecule has 0 unspecified atom stereocenters. The summed E-state index contributed by atoms with van der Waals surface area (Å²) in [6.45, 7) is 1.45. The summed E-state index contributed by atoms with van der Waals surface area (Å²) >= 11 is 3.32. The minimum Gasteiger partial charge on any atom is -0.478 e. The lowest BCUT2D eigenvalue weighted by atomic mass is 10.4. The van der Waals surface area contributed by atoms with Gasteiger partial charge in [0.1, 0.15) is 0 Å². The van der Waals surface area contributed by atoms with Crippen LogP contribution in [0.15, 0.2) is 35.6 Å². The van der Waals surface area contributed by atoms with Crippen molar-refractivity contribution in [3.63, 3.8) is 0 Å². The summed E-state index contributed by atoms with van der Waals surface area (Å²) in [6, 6.07) is 1.59. The molecule has 5 nitrogen and oxygen atoms in total. The largest absolute Gasteiger partial charge is 0.478 e. The van der Waals surface area contributed by atoms with Crippen LogP contribution in [0, 0.1) is 0 Å². The van der Waals surface area contributed by atoms with Gasteiger partial charge in [-0.05, 0) is 22.0 Å². The number of nitrogens with zero attached hydrogens (tertiary/aromatic N) is 3. The Hall–Kier alpha value is -1.56. The van der Waals surface area contributed by atoms with Gasteiger partial charge in [0.05, 0.1) is 16.5 Å².